The molecule has 1 heterocycles. The summed E-state index contributed by atoms with van der Waals surface area (Å²) in [4.78, 5) is 0. The molecule has 1 aromatic rings. The molecule has 0 radical (unpaired) electrons. The number of hydrogen-bond acceptors (Lipinski definition) is 2. The predicted molar refractivity (Wildman–Crippen MR) is 62.2 cm³/mol. The van der Waals surface area contributed by atoms with Gasteiger partial charge in [-0.1, -0.05) is 23.7 Å². The fraction of sp³-hybridized carbons (Fsp3) is 0.500. The summed E-state index contributed by atoms with van der Waals surface area (Å²) in [6.07, 6.45) is 1.04. The minimum Gasteiger partial charge on any atom is -0.381 e. The smallest absolute Gasteiger partial charge is 0.0512 e. The van der Waals surface area contributed by atoms with Gasteiger partial charge in [-0.05, 0) is 36.6 Å². The van der Waals surface area contributed by atoms with Crippen molar-refractivity contribution in [2.75, 3.05) is 19.8 Å². The number of rotatable bonds is 2. The molecule has 0 aromatic heterocycles. The molecule has 2 unspecified atom stereocenters. The molecule has 1 fully saturated rings. The van der Waals surface area contributed by atoms with Crippen LogP contribution >= 0.6 is 11.6 Å². The second kappa shape index (κ2) is 4.97. The third-order valence-corrected chi connectivity index (χ3v) is 3.29. The summed E-state index contributed by atoms with van der Waals surface area (Å²) in [5.41, 5.74) is 7.05. The van der Waals surface area contributed by atoms with Crippen LogP contribution in [0.1, 0.15) is 17.9 Å². The molecule has 1 aliphatic heterocycles. The second-order valence-electron chi connectivity index (χ2n) is 4.02. The maximum atomic E-state index is 5.99. The minimum atomic E-state index is 0.428. The summed E-state index contributed by atoms with van der Waals surface area (Å²) < 4.78 is 5.44. The van der Waals surface area contributed by atoms with E-state index >= 15 is 0 Å². The monoisotopic (exact) mass is 225 g/mol. The van der Waals surface area contributed by atoms with Gasteiger partial charge in [0.25, 0.3) is 0 Å². The van der Waals surface area contributed by atoms with E-state index in [0.717, 1.165) is 24.7 Å². The van der Waals surface area contributed by atoms with E-state index in [-0.39, 0.29) is 0 Å². The normalized spacial score (nSPS) is 26.5. The summed E-state index contributed by atoms with van der Waals surface area (Å²) in [5.74, 6) is 0.930. The van der Waals surface area contributed by atoms with Gasteiger partial charge in [0, 0.05) is 17.5 Å². The molecular formula is C12H16ClNO. The Labute approximate surface area is 95.4 Å². The van der Waals surface area contributed by atoms with Gasteiger partial charge in [0.05, 0.1) is 6.61 Å². The molecule has 0 amide bonds. The molecule has 0 saturated carbocycles. The molecule has 3 heteroatoms. The predicted octanol–water partition coefficient (Wildman–Crippen LogP) is 2.42. The zero-order valence-corrected chi connectivity index (χ0v) is 9.41. The van der Waals surface area contributed by atoms with E-state index in [1.807, 2.05) is 18.2 Å². The minimum absolute atomic E-state index is 0.428. The van der Waals surface area contributed by atoms with Crippen molar-refractivity contribution in [1.82, 2.24) is 0 Å². The van der Waals surface area contributed by atoms with E-state index < -0.39 is 0 Å². The molecule has 0 spiro atoms. The van der Waals surface area contributed by atoms with E-state index in [1.54, 1.807) is 0 Å². The summed E-state index contributed by atoms with van der Waals surface area (Å²) in [6, 6.07) is 8.08. The highest BCUT2D eigenvalue weighted by Gasteiger charge is 2.25. The molecule has 1 aromatic carbocycles. The van der Waals surface area contributed by atoms with Crippen LogP contribution in [0.25, 0.3) is 0 Å². The van der Waals surface area contributed by atoms with Crippen molar-refractivity contribution in [3.05, 3.63) is 34.9 Å². The van der Waals surface area contributed by atoms with Crippen LogP contribution in [-0.4, -0.2) is 19.8 Å². The van der Waals surface area contributed by atoms with Crippen LogP contribution in [0.5, 0.6) is 0 Å². The van der Waals surface area contributed by atoms with Gasteiger partial charge in [-0.3, -0.25) is 0 Å². The quantitative estimate of drug-likeness (QED) is 0.839. The Balaban J connectivity index is 2.20. The van der Waals surface area contributed by atoms with Crippen LogP contribution in [-0.2, 0) is 4.74 Å². The molecular weight excluding hydrogens is 210 g/mol. The van der Waals surface area contributed by atoms with Gasteiger partial charge in [0.15, 0.2) is 0 Å². The van der Waals surface area contributed by atoms with Gasteiger partial charge in [-0.15, -0.1) is 0 Å². The first kappa shape index (κ1) is 10.9. The van der Waals surface area contributed by atoms with Crippen molar-refractivity contribution in [2.24, 2.45) is 11.7 Å². The van der Waals surface area contributed by atoms with E-state index in [4.69, 9.17) is 22.1 Å². The van der Waals surface area contributed by atoms with Gasteiger partial charge >= 0.3 is 0 Å². The molecule has 2 rings (SSSR count). The third-order valence-electron chi connectivity index (χ3n) is 3.05. The van der Waals surface area contributed by atoms with Gasteiger partial charge in [-0.2, -0.15) is 0 Å². The van der Waals surface area contributed by atoms with Crippen molar-refractivity contribution < 1.29 is 4.74 Å². The SMILES string of the molecule is NCC1COCCC1c1cccc(Cl)c1. The van der Waals surface area contributed by atoms with Gasteiger partial charge in [0.2, 0.25) is 0 Å². The summed E-state index contributed by atoms with van der Waals surface area (Å²) in [6.45, 7) is 2.28. The van der Waals surface area contributed by atoms with Gasteiger partial charge in [-0.25, -0.2) is 0 Å². The maximum absolute atomic E-state index is 5.99. The lowest BCUT2D eigenvalue weighted by molar-refractivity contribution is 0.0436. The van der Waals surface area contributed by atoms with Crippen LogP contribution in [0.3, 0.4) is 0 Å². The average Bonchev–Trinajstić information content (AvgIpc) is 2.29. The molecule has 2 atom stereocenters. The number of halogens is 1. The van der Waals surface area contributed by atoms with Crippen LogP contribution in [0.15, 0.2) is 24.3 Å². The van der Waals surface area contributed by atoms with E-state index in [0.29, 0.717) is 18.4 Å². The first-order valence-corrected chi connectivity index (χ1v) is 5.72. The van der Waals surface area contributed by atoms with Crippen molar-refractivity contribution in [2.45, 2.75) is 12.3 Å². The molecule has 15 heavy (non-hydrogen) atoms. The Hall–Kier alpha value is -0.570. The van der Waals surface area contributed by atoms with Gasteiger partial charge < -0.3 is 10.5 Å². The highest BCUT2D eigenvalue weighted by molar-refractivity contribution is 6.30. The number of ether oxygens (including phenoxy) is 1. The fourth-order valence-electron chi connectivity index (χ4n) is 2.21. The van der Waals surface area contributed by atoms with E-state index in [1.165, 1.54) is 5.56 Å². The lowest BCUT2D eigenvalue weighted by atomic mass is 9.83. The first-order valence-electron chi connectivity index (χ1n) is 5.34. The molecule has 1 saturated heterocycles. The Morgan fingerprint density at radius 1 is 1.47 bits per heavy atom. The summed E-state index contributed by atoms with van der Waals surface area (Å²) in [5, 5.41) is 0.801. The average molecular weight is 226 g/mol. The Morgan fingerprint density at radius 3 is 3.07 bits per heavy atom. The largest absolute Gasteiger partial charge is 0.381 e. The van der Waals surface area contributed by atoms with E-state index in [2.05, 4.69) is 6.07 Å². The number of nitrogens with two attached hydrogens (primary N) is 1. The van der Waals surface area contributed by atoms with Crippen LogP contribution in [0.4, 0.5) is 0 Å². The third kappa shape index (κ3) is 2.51. The highest BCUT2D eigenvalue weighted by Crippen LogP contribution is 2.32. The fourth-order valence-corrected chi connectivity index (χ4v) is 2.40. The van der Waals surface area contributed by atoms with Crippen molar-refractivity contribution in [3.8, 4) is 0 Å². The highest BCUT2D eigenvalue weighted by atomic mass is 35.5. The lowest BCUT2D eigenvalue weighted by Gasteiger charge is -2.31. The molecule has 2 nitrogen and oxygen atoms in total. The van der Waals surface area contributed by atoms with Crippen molar-refractivity contribution in [3.63, 3.8) is 0 Å². The molecule has 1 aliphatic rings. The van der Waals surface area contributed by atoms with E-state index in [9.17, 15) is 0 Å². The van der Waals surface area contributed by atoms with Gasteiger partial charge in [0.1, 0.15) is 0 Å². The van der Waals surface area contributed by atoms with Crippen LogP contribution in [0, 0.1) is 5.92 Å². The second-order valence-corrected chi connectivity index (χ2v) is 4.46. The molecule has 0 bridgehead atoms. The first-order chi connectivity index (χ1) is 7.31. The molecule has 0 aliphatic carbocycles. The van der Waals surface area contributed by atoms with Crippen LogP contribution in [0.2, 0.25) is 5.02 Å². The maximum Gasteiger partial charge on any atom is 0.0512 e. The zero-order valence-electron chi connectivity index (χ0n) is 8.66. The number of hydrogen-bond donors (Lipinski definition) is 1. The topological polar surface area (TPSA) is 35.2 Å². The Morgan fingerprint density at radius 2 is 2.33 bits per heavy atom. The summed E-state index contributed by atoms with van der Waals surface area (Å²) >= 11 is 5.99. The number of benzene rings is 1. The standard InChI is InChI=1S/C12H16ClNO/c13-11-3-1-2-9(6-11)12-4-5-15-8-10(12)7-14/h1-3,6,10,12H,4-5,7-8,14H2. The van der Waals surface area contributed by atoms with Crippen LogP contribution < -0.4 is 5.73 Å². The Kier molecular flexibility index (Phi) is 3.62. The molecule has 82 valence electrons. The van der Waals surface area contributed by atoms with Crippen molar-refractivity contribution in [1.29, 1.82) is 0 Å². The zero-order chi connectivity index (χ0) is 10.7. The molecule has 2 N–H and O–H groups in total. The lowest BCUT2D eigenvalue weighted by Crippen LogP contribution is -2.31. The Bertz CT molecular complexity index is 329. The summed E-state index contributed by atoms with van der Waals surface area (Å²) in [7, 11) is 0. The van der Waals surface area contributed by atoms with Crippen molar-refractivity contribution >= 4 is 11.6 Å².